The predicted molar refractivity (Wildman–Crippen MR) is 68.6 cm³/mol. The van der Waals surface area contributed by atoms with Gasteiger partial charge in [-0.25, -0.2) is 0 Å². The van der Waals surface area contributed by atoms with Gasteiger partial charge in [0.1, 0.15) is 0 Å². The first-order valence-electron chi connectivity index (χ1n) is 5.35. The van der Waals surface area contributed by atoms with E-state index in [9.17, 15) is 0 Å². The van der Waals surface area contributed by atoms with E-state index >= 15 is 0 Å². The Bertz CT molecular complexity index is 445. The van der Waals surface area contributed by atoms with E-state index in [0.717, 1.165) is 17.8 Å². The molecule has 90 valence electrons. The third kappa shape index (κ3) is 2.84. The Morgan fingerprint density at radius 1 is 1.53 bits per heavy atom. The van der Waals surface area contributed by atoms with Crippen LogP contribution in [-0.2, 0) is 10.6 Å². The van der Waals surface area contributed by atoms with Crippen molar-refractivity contribution in [3.63, 3.8) is 0 Å². The summed E-state index contributed by atoms with van der Waals surface area (Å²) in [5.41, 5.74) is 2.02. The molecule has 1 aliphatic heterocycles. The molecule has 0 aliphatic carbocycles. The van der Waals surface area contributed by atoms with Gasteiger partial charge in [0.05, 0.1) is 19.2 Å². The van der Waals surface area contributed by atoms with E-state index in [1.54, 1.807) is 0 Å². The summed E-state index contributed by atoms with van der Waals surface area (Å²) in [6.45, 7) is 1.90. The van der Waals surface area contributed by atoms with Gasteiger partial charge in [-0.3, -0.25) is 0 Å². The van der Waals surface area contributed by atoms with Crippen molar-refractivity contribution in [2.24, 2.45) is 0 Å². The van der Waals surface area contributed by atoms with Crippen molar-refractivity contribution in [1.29, 1.82) is 5.26 Å². The van der Waals surface area contributed by atoms with Crippen LogP contribution in [0.4, 0.5) is 5.69 Å². The zero-order valence-electron chi connectivity index (χ0n) is 9.20. The van der Waals surface area contributed by atoms with E-state index in [2.05, 4.69) is 11.0 Å². The van der Waals surface area contributed by atoms with Gasteiger partial charge in [0, 0.05) is 23.1 Å². The molecule has 0 saturated carbocycles. The first-order chi connectivity index (χ1) is 8.24. The minimum absolute atomic E-state index is 0.373. The highest BCUT2D eigenvalue weighted by atomic mass is 35.5. The Balaban J connectivity index is 2.24. The van der Waals surface area contributed by atoms with E-state index < -0.39 is 0 Å². The van der Waals surface area contributed by atoms with E-state index in [-0.39, 0.29) is 6.10 Å². The Morgan fingerprint density at radius 2 is 2.35 bits per heavy atom. The van der Waals surface area contributed by atoms with Crippen LogP contribution in [0.1, 0.15) is 5.56 Å². The molecule has 1 aliphatic rings. The number of rotatable bonds is 2. The topological polar surface area (TPSA) is 36.3 Å². The molecule has 5 heteroatoms. The minimum atomic E-state index is -0.373. The Kier molecular flexibility index (Phi) is 4.11. The average molecular weight is 271 g/mol. The highest BCUT2D eigenvalue weighted by Crippen LogP contribution is 2.27. The second kappa shape index (κ2) is 5.59. The molecule has 1 saturated heterocycles. The lowest BCUT2D eigenvalue weighted by Gasteiger charge is -2.32. The van der Waals surface area contributed by atoms with Crippen molar-refractivity contribution in [2.45, 2.75) is 12.0 Å². The van der Waals surface area contributed by atoms with Gasteiger partial charge in [-0.1, -0.05) is 11.6 Å². The molecule has 1 atom stereocenters. The van der Waals surface area contributed by atoms with E-state index in [1.165, 1.54) is 0 Å². The quantitative estimate of drug-likeness (QED) is 0.776. The number of nitrogens with zero attached hydrogens (tertiary/aromatic N) is 2. The predicted octanol–water partition coefficient (Wildman–Crippen LogP) is 2.81. The van der Waals surface area contributed by atoms with Crippen molar-refractivity contribution in [3.8, 4) is 6.07 Å². The SMILES string of the molecule is N#CC1CN(c2ccc(Cl)cc2CCl)CCO1. The highest BCUT2D eigenvalue weighted by molar-refractivity contribution is 6.30. The number of hydrogen-bond acceptors (Lipinski definition) is 3. The van der Waals surface area contributed by atoms with Crippen molar-refractivity contribution in [2.75, 3.05) is 24.6 Å². The number of anilines is 1. The van der Waals surface area contributed by atoms with Crippen LogP contribution in [0.15, 0.2) is 18.2 Å². The van der Waals surface area contributed by atoms with Crippen molar-refractivity contribution >= 4 is 28.9 Å². The van der Waals surface area contributed by atoms with Crippen LogP contribution in [0.3, 0.4) is 0 Å². The van der Waals surface area contributed by atoms with Gasteiger partial charge in [-0.15, -0.1) is 11.6 Å². The third-order valence-electron chi connectivity index (χ3n) is 2.74. The standard InChI is InChI=1S/C12H12Cl2N2O/c13-6-9-5-10(14)1-2-12(9)16-3-4-17-11(7-15)8-16/h1-2,5,11H,3-4,6,8H2. The summed E-state index contributed by atoms with van der Waals surface area (Å²) in [7, 11) is 0. The molecule has 0 spiro atoms. The summed E-state index contributed by atoms with van der Waals surface area (Å²) in [5.74, 6) is 0.407. The van der Waals surface area contributed by atoms with Gasteiger partial charge in [0.2, 0.25) is 0 Å². The van der Waals surface area contributed by atoms with E-state index in [1.807, 2.05) is 18.2 Å². The summed E-state index contributed by atoms with van der Waals surface area (Å²) in [5, 5.41) is 9.55. The molecular formula is C12H12Cl2N2O. The first kappa shape index (κ1) is 12.5. The lowest BCUT2D eigenvalue weighted by Crippen LogP contribution is -2.42. The molecule has 1 heterocycles. The first-order valence-corrected chi connectivity index (χ1v) is 6.26. The molecule has 1 fully saturated rings. The second-order valence-electron chi connectivity index (χ2n) is 3.84. The number of hydrogen-bond donors (Lipinski definition) is 0. The summed E-state index contributed by atoms with van der Waals surface area (Å²) in [6.07, 6.45) is -0.373. The van der Waals surface area contributed by atoms with Gasteiger partial charge < -0.3 is 9.64 Å². The van der Waals surface area contributed by atoms with Crippen LogP contribution in [0, 0.1) is 11.3 Å². The van der Waals surface area contributed by atoms with Gasteiger partial charge in [0.15, 0.2) is 6.10 Å². The molecule has 1 unspecified atom stereocenters. The normalized spacial score (nSPS) is 20.1. The number of morpholine rings is 1. The minimum Gasteiger partial charge on any atom is -0.365 e. The monoisotopic (exact) mass is 270 g/mol. The highest BCUT2D eigenvalue weighted by Gasteiger charge is 2.21. The van der Waals surface area contributed by atoms with Gasteiger partial charge in [-0.2, -0.15) is 5.26 Å². The molecular weight excluding hydrogens is 259 g/mol. The van der Waals surface area contributed by atoms with Crippen LogP contribution < -0.4 is 4.90 Å². The Hall–Kier alpha value is -0.950. The molecule has 0 radical (unpaired) electrons. The molecule has 1 aromatic rings. The summed E-state index contributed by atoms with van der Waals surface area (Å²) >= 11 is 11.8. The summed E-state index contributed by atoms with van der Waals surface area (Å²) in [4.78, 5) is 2.12. The van der Waals surface area contributed by atoms with Crippen molar-refractivity contribution in [1.82, 2.24) is 0 Å². The molecule has 0 N–H and O–H groups in total. The summed E-state index contributed by atoms with van der Waals surface area (Å²) in [6, 6.07) is 7.77. The molecule has 3 nitrogen and oxygen atoms in total. The average Bonchev–Trinajstić information content (AvgIpc) is 2.38. The Morgan fingerprint density at radius 3 is 3.06 bits per heavy atom. The van der Waals surface area contributed by atoms with Gasteiger partial charge >= 0.3 is 0 Å². The largest absolute Gasteiger partial charge is 0.365 e. The fraction of sp³-hybridized carbons (Fsp3) is 0.417. The maximum Gasteiger partial charge on any atom is 0.161 e. The molecule has 2 rings (SSSR count). The second-order valence-corrected chi connectivity index (χ2v) is 4.54. The van der Waals surface area contributed by atoms with Crippen LogP contribution >= 0.6 is 23.2 Å². The van der Waals surface area contributed by atoms with Crippen LogP contribution in [-0.4, -0.2) is 25.8 Å². The lowest BCUT2D eigenvalue weighted by molar-refractivity contribution is 0.0764. The number of halogens is 2. The molecule has 1 aromatic carbocycles. The number of alkyl halides is 1. The number of benzene rings is 1. The van der Waals surface area contributed by atoms with Gasteiger partial charge in [-0.05, 0) is 23.8 Å². The smallest absolute Gasteiger partial charge is 0.161 e. The fourth-order valence-corrected chi connectivity index (χ4v) is 2.32. The van der Waals surface area contributed by atoms with E-state index in [4.69, 9.17) is 33.2 Å². The molecule has 0 aromatic heterocycles. The maximum atomic E-state index is 8.88. The zero-order chi connectivity index (χ0) is 12.3. The van der Waals surface area contributed by atoms with Crippen LogP contribution in [0.5, 0.6) is 0 Å². The summed E-state index contributed by atoms with van der Waals surface area (Å²) < 4.78 is 5.31. The van der Waals surface area contributed by atoms with Crippen LogP contribution in [0.25, 0.3) is 0 Å². The number of nitriles is 1. The van der Waals surface area contributed by atoms with Crippen molar-refractivity contribution in [3.05, 3.63) is 28.8 Å². The van der Waals surface area contributed by atoms with E-state index in [0.29, 0.717) is 24.1 Å². The molecule has 17 heavy (non-hydrogen) atoms. The number of ether oxygens (including phenoxy) is 1. The zero-order valence-corrected chi connectivity index (χ0v) is 10.7. The molecule has 0 amide bonds. The third-order valence-corrected chi connectivity index (χ3v) is 3.26. The lowest BCUT2D eigenvalue weighted by atomic mass is 10.1. The maximum absolute atomic E-state index is 8.88. The van der Waals surface area contributed by atoms with Crippen LogP contribution in [0.2, 0.25) is 5.02 Å². The fourth-order valence-electron chi connectivity index (χ4n) is 1.92. The molecule has 0 bridgehead atoms. The van der Waals surface area contributed by atoms with Gasteiger partial charge in [0.25, 0.3) is 0 Å². The van der Waals surface area contributed by atoms with Crippen molar-refractivity contribution < 1.29 is 4.74 Å². The Labute approximate surface area is 110 Å².